The van der Waals surface area contributed by atoms with Crippen molar-refractivity contribution in [3.8, 4) is 0 Å². The van der Waals surface area contributed by atoms with Gasteiger partial charge in [-0.3, -0.25) is 0 Å². The van der Waals surface area contributed by atoms with Crippen molar-refractivity contribution in [2.45, 2.75) is 19.6 Å². The second-order valence-corrected chi connectivity index (χ2v) is 14.2. The minimum Gasteiger partial charge on any atom is -0.344 e. The first-order valence-corrected chi connectivity index (χ1v) is 15.5. The Bertz CT molecular complexity index is 1770. The van der Waals surface area contributed by atoms with Crippen molar-refractivity contribution >= 4 is 87.3 Å². The number of halogens is 2. The van der Waals surface area contributed by atoms with Crippen LogP contribution >= 0.6 is 23.2 Å². The summed E-state index contributed by atoms with van der Waals surface area (Å²) in [6, 6.07) is 3.58. The molecule has 0 amide bonds. The van der Waals surface area contributed by atoms with E-state index in [9.17, 15) is 33.7 Å². The zero-order valence-electron chi connectivity index (χ0n) is 16.7. The quantitative estimate of drug-likeness (QED) is 0.424. The third-order valence-electron chi connectivity index (χ3n) is 4.67. The minimum atomic E-state index is -4.47. The van der Waals surface area contributed by atoms with E-state index in [1.165, 1.54) is 0 Å². The smallest absolute Gasteiger partial charge is 0.285 e. The van der Waals surface area contributed by atoms with E-state index in [-0.39, 0.29) is 16.4 Å². The van der Waals surface area contributed by atoms with Crippen LogP contribution in [0.5, 0.6) is 0 Å². The molecule has 35 heavy (non-hydrogen) atoms. The number of benzene rings is 2. The van der Waals surface area contributed by atoms with Gasteiger partial charge in [0.2, 0.25) is 20.0 Å². The van der Waals surface area contributed by atoms with Crippen LogP contribution in [-0.2, 0) is 40.1 Å². The Morgan fingerprint density at radius 2 is 1.51 bits per heavy atom. The summed E-state index contributed by atoms with van der Waals surface area (Å²) < 4.78 is 107. The molecule has 0 saturated heterocycles. The number of hydrogen-bond donors (Lipinski definition) is 3. The van der Waals surface area contributed by atoms with Crippen LogP contribution in [0, 0.1) is 0 Å². The van der Waals surface area contributed by atoms with Crippen LogP contribution in [0.15, 0.2) is 52.6 Å². The molecular formula is C15H12Cl2N6O8S4. The molecule has 0 unspecified atom stereocenters. The lowest BCUT2D eigenvalue weighted by Crippen LogP contribution is -2.39. The van der Waals surface area contributed by atoms with Gasteiger partial charge in [0.05, 0.1) is 28.1 Å². The summed E-state index contributed by atoms with van der Waals surface area (Å²) in [5, 5.41) is 6.87. The van der Waals surface area contributed by atoms with Gasteiger partial charge in [-0.05, 0) is 24.3 Å². The highest BCUT2D eigenvalue weighted by Gasteiger charge is 2.31. The van der Waals surface area contributed by atoms with E-state index in [1.54, 1.807) is 0 Å². The fourth-order valence-electron chi connectivity index (χ4n) is 3.06. The lowest BCUT2D eigenvalue weighted by Gasteiger charge is -2.26. The van der Waals surface area contributed by atoms with Gasteiger partial charge < -0.3 is 10.2 Å². The van der Waals surface area contributed by atoms with Gasteiger partial charge in [0.25, 0.3) is 20.0 Å². The van der Waals surface area contributed by atoms with Gasteiger partial charge in [-0.1, -0.05) is 23.2 Å². The SMILES string of the molecule is NS(=O)(=O)c1cc2c(cc1Cl)N(CNS(=O)(=O)c1cc3c(cc1Cl)NC=NS3(=O)=O)C=NS2(=O)=O. The van der Waals surface area contributed by atoms with Gasteiger partial charge in [0, 0.05) is 0 Å². The standard InChI is InChI=1S/C15H12Cl2N6O8S4/c16-8-1-10-14(34(28,29)20-5-19-10)4-13(8)33(26,27)21-6-23-7-22-35(30,31)15-3-12(32(18,24)25)9(17)2-11(15)23/h1-5,7,21H,6H2,(H,19,20)(H2,18,24,25). The van der Waals surface area contributed by atoms with Crippen LogP contribution in [0.1, 0.15) is 0 Å². The molecule has 0 spiro atoms. The number of rotatable bonds is 5. The average molecular weight is 603 g/mol. The third kappa shape index (κ3) is 4.75. The van der Waals surface area contributed by atoms with Crippen LogP contribution in [0.3, 0.4) is 0 Å². The largest absolute Gasteiger partial charge is 0.344 e. The van der Waals surface area contributed by atoms with Crippen LogP contribution < -0.4 is 20.1 Å². The van der Waals surface area contributed by atoms with Gasteiger partial charge >= 0.3 is 0 Å². The highest BCUT2D eigenvalue weighted by molar-refractivity contribution is 7.91. The Kier molecular flexibility index (Phi) is 6.16. The number of fused-ring (bicyclic) bond motifs is 2. The molecule has 0 radical (unpaired) electrons. The lowest BCUT2D eigenvalue weighted by molar-refractivity contribution is 0.582. The van der Waals surface area contributed by atoms with Crippen molar-refractivity contribution in [2.24, 2.45) is 13.9 Å². The molecule has 0 aromatic heterocycles. The van der Waals surface area contributed by atoms with E-state index in [4.69, 9.17) is 28.3 Å². The fourth-order valence-corrected chi connectivity index (χ4v) is 7.85. The van der Waals surface area contributed by atoms with Crippen molar-refractivity contribution in [3.63, 3.8) is 0 Å². The number of anilines is 2. The van der Waals surface area contributed by atoms with E-state index < -0.39 is 71.4 Å². The number of sulfonamides is 4. The summed E-state index contributed by atoms with van der Waals surface area (Å²) in [5.74, 6) is 0. The molecule has 2 heterocycles. The van der Waals surface area contributed by atoms with E-state index in [0.717, 1.165) is 35.8 Å². The molecule has 2 aromatic carbocycles. The normalized spacial score (nSPS) is 18.0. The number of hydrogen-bond acceptors (Lipinski definition) is 10. The van der Waals surface area contributed by atoms with E-state index >= 15 is 0 Å². The Morgan fingerprint density at radius 1 is 0.914 bits per heavy atom. The number of nitrogens with zero attached hydrogens (tertiary/aromatic N) is 3. The number of primary sulfonamides is 1. The summed E-state index contributed by atoms with van der Waals surface area (Å²) in [6.07, 6.45) is 1.69. The van der Waals surface area contributed by atoms with Gasteiger partial charge in [-0.25, -0.2) is 22.0 Å². The minimum absolute atomic E-state index is 0.0200. The fraction of sp³-hybridized carbons (Fsp3) is 0.0667. The second kappa shape index (κ2) is 8.37. The molecular weight excluding hydrogens is 591 g/mol. The summed E-state index contributed by atoms with van der Waals surface area (Å²) in [5.41, 5.74) is -0.177. The number of nitrogens with one attached hydrogen (secondary N) is 2. The molecule has 0 bridgehead atoms. The van der Waals surface area contributed by atoms with Crippen molar-refractivity contribution in [2.75, 3.05) is 16.9 Å². The van der Waals surface area contributed by atoms with Crippen LogP contribution in [0.25, 0.3) is 0 Å². The summed E-state index contributed by atoms with van der Waals surface area (Å²) >= 11 is 12.0. The van der Waals surface area contributed by atoms with Crippen LogP contribution in [-0.4, -0.2) is 53.0 Å². The van der Waals surface area contributed by atoms with Crippen molar-refractivity contribution in [3.05, 3.63) is 34.3 Å². The van der Waals surface area contributed by atoms with Crippen molar-refractivity contribution in [1.29, 1.82) is 0 Å². The first kappa shape index (κ1) is 25.8. The Hall–Kier alpha value is -2.32. The second-order valence-electron chi connectivity index (χ2n) is 6.90. The Labute approximate surface area is 209 Å². The first-order chi connectivity index (χ1) is 16.0. The molecule has 14 nitrogen and oxygen atoms in total. The first-order valence-electron chi connectivity index (χ1n) is 8.85. The third-order valence-corrected chi connectivity index (χ3v) is 10.4. The molecule has 4 rings (SSSR count). The van der Waals surface area contributed by atoms with Crippen LogP contribution in [0.2, 0.25) is 10.0 Å². The lowest BCUT2D eigenvalue weighted by atomic mass is 10.3. The predicted octanol–water partition coefficient (Wildman–Crippen LogP) is 0.256. The van der Waals surface area contributed by atoms with E-state index in [1.807, 2.05) is 0 Å². The molecule has 0 atom stereocenters. The van der Waals surface area contributed by atoms with Gasteiger partial charge in [-0.15, -0.1) is 8.80 Å². The maximum Gasteiger partial charge on any atom is 0.285 e. The molecule has 4 N–H and O–H groups in total. The maximum absolute atomic E-state index is 12.9. The Balaban J connectivity index is 1.71. The highest BCUT2D eigenvalue weighted by Crippen LogP contribution is 2.37. The molecule has 2 aliphatic rings. The van der Waals surface area contributed by atoms with Crippen LogP contribution in [0.4, 0.5) is 11.4 Å². The van der Waals surface area contributed by atoms with Gasteiger partial charge in [0.15, 0.2) is 0 Å². The van der Waals surface area contributed by atoms with Crippen molar-refractivity contribution < 1.29 is 33.7 Å². The molecule has 188 valence electrons. The maximum atomic E-state index is 12.9. The summed E-state index contributed by atoms with van der Waals surface area (Å²) in [4.78, 5) is -1.26. The molecule has 0 aliphatic carbocycles. The summed E-state index contributed by atoms with van der Waals surface area (Å²) in [7, 11) is -17.4. The zero-order chi connectivity index (χ0) is 26.0. The molecule has 0 fully saturated rings. The zero-order valence-corrected chi connectivity index (χ0v) is 21.5. The Morgan fingerprint density at radius 3 is 2.17 bits per heavy atom. The molecule has 20 heteroatoms. The van der Waals surface area contributed by atoms with Gasteiger partial charge in [-0.2, -0.15) is 21.6 Å². The van der Waals surface area contributed by atoms with Crippen molar-refractivity contribution in [1.82, 2.24) is 4.72 Å². The average Bonchev–Trinajstić information content (AvgIpc) is 2.71. The van der Waals surface area contributed by atoms with E-state index in [2.05, 4.69) is 18.8 Å². The predicted molar refractivity (Wildman–Crippen MR) is 127 cm³/mol. The molecule has 2 aliphatic heterocycles. The number of nitrogens with two attached hydrogens (primary N) is 1. The topological polar surface area (TPSA) is 215 Å². The van der Waals surface area contributed by atoms with Gasteiger partial charge in [0.1, 0.15) is 32.3 Å². The molecule has 2 aromatic rings. The molecule has 0 saturated carbocycles. The van der Waals surface area contributed by atoms with E-state index in [0.29, 0.717) is 6.07 Å². The monoisotopic (exact) mass is 602 g/mol. The summed E-state index contributed by atoms with van der Waals surface area (Å²) in [6.45, 7) is -0.629. The highest BCUT2D eigenvalue weighted by atomic mass is 35.5.